The Balaban J connectivity index is 1.03. The number of anilines is 1. The number of amides is 3. The normalized spacial score (nSPS) is 28.1. The zero-order valence-electron chi connectivity index (χ0n) is 24.5. The molecule has 2 aliphatic carbocycles. The first-order chi connectivity index (χ1) is 22.2. The van der Waals surface area contributed by atoms with E-state index >= 15 is 0 Å². The van der Waals surface area contributed by atoms with Gasteiger partial charge in [-0.25, -0.2) is 4.79 Å². The molecule has 0 spiro atoms. The van der Waals surface area contributed by atoms with Crippen LogP contribution in [0.15, 0.2) is 76.6 Å². The van der Waals surface area contributed by atoms with Crippen LogP contribution in [0, 0.1) is 29.6 Å². The molecular weight excluding hydrogens is 627 g/mol. The lowest BCUT2D eigenvalue weighted by molar-refractivity contribution is -0.154. The summed E-state index contributed by atoms with van der Waals surface area (Å²) in [6.07, 6.45) is 0.715. The first-order valence-electron chi connectivity index (χ1n) is 15.2. The maximum atomic E-state index is 13.6. The summed E-state index contributed by atoms with van der Waals surface area (Å²) >= 11 is 2.75. The van der Waals surface area contributed by atoms with Crippen LogP contribution in [0.25, 0.3) is 10.8 Å². The highest BCUT2D eigenvalue weighted by Gasteiger charge is 2.70. The van der Waals surface area contributed by atoms with E-state index in [1.54, 1.807) is 11.8 Å². The Labute approximate surface area is 271 Å². The molecule has 3 fully saturated rings. The Hall–Kier alpha value is -4.42. The monoisotopic (exact) mass is 655 g/mol. The third-order valence-corrected chi connectivity index (χ3v) is 12.8. The molecular formula is C34H29N3O7S2. The van der Waals surface area contributed by atoms with E-state index in [0.29, 0.717) is 17.9 Å². The van der Waals surface area contributed by atoms with Crippen LogP contribution < -0.4 is 14.9 Å². The summed E-state index contributed by atoms with van der Waals surface area (Å²) in [5.74, 6) is -3.22. The molecule has 7 unspecified atom stereocenters. The number of thiazole rings is 1. The number of benzene rings is 3. The fourth-order valence-corrected chi connectivity index (χ4v) is 11.2. The van der Waals surface area contributed by atoms with Gasteiger partial charge in [0.25, 0.3) is 5.91 Å². The molecule has 2 aliphatic heterocycles. The number of aliphatic carboxylic acids is 1. The topological polar surface area (TPSA) is 146 Å². The van der Waals surface area contributed by atoms with Crippen molar-refractivity contribution in [1.82, 2.24) is 9.88 Å². The lowest BCUT2D eigenvalue weighted by Gasteiger charge is -2.43. The lowest BCUT2D eigenvalue weighted by atomic mass is 9.68. The van der Waals surface area contributed by atoms with Crippen molar-refractivity contribution in [3.63, 3.8) is 0 Å². The molecule has 1 saturated heterocycles. The molecule has 3 N–H and O–H groups in total. The Morgan fingerprint density at radius 2 is 1.72 bits per heavy atom. The number of hydrogen-bond donors (Lipinski definition) is 3. The number of nitrogens with zero attached hydrogens (tertiary/aromatic N) is 1. The molecule has 3 heterocycles. The number of hydrogen-bond acceptors (Lipinski definition) is 8. The summed E-state index contributed by atoms with van der Waals surface area (Å²) in [5, 5.41) is 15.3. The van der Waals surface area contributed by atoms with Crippen molar-refractivity contribution in [3.8, 4) is 5.75 Å². The number of thioether (sulfide) groups is 1. The van der Waals surface area contributed by atoms with Crippen molar-refractivity contribution in [2.24, 2.45) is 29.6 Å². The second kappa shape index (κ2) is 10.8. The van der Waals surface area contributed by atoms with Crippen LogP contribution in [0.1, 0.15) is 29.7 Å². The van der Waals surface area contributed by atoms with Gasteiger partial charge in [-0.2, -0.15) is 0 Å². The molecule has 46 heavy (non-hydrogen) atoms. The van der Waals surface area contributed by atoms with Gasteiger partial charge in [0.2, 0.25) is 11.8 Å². The standard InChI is InChI=1S/C34H29N3O7S2/c1-15(33(41)42)37-31(39)26-20-13-21(27(26)32(37)40)28-25(20)24(29-30(45-28)36-34(43)46-29)17-9-11-18(12-10-17)44-14-23(38)35-22-8-4-6-16-5-2-3-7-19(16)22/h2-12,15,20-21,24-28H,13-14H2,1H3,(H,35,38)(H,36,43)(H,41,42)/t15?,20?,21?,24-,25?,26?,27?,28?/m1/s1. The molecule has 2 bridgehead atoms. The van der Waals surface area contributed by atoms with Gasteiger partial charge in [0, 0.05) is 27.1 Å². The van der Waals surface area contributed by atoms with Gasteiger partial charge in [0.1, 0.15) is 11.8 Å². The average Bonchev–Trinajstić information content (AvgIpc) is 3.79. The van der Waals surface area contributed by atoms with E-state index < -0.39 is 29.8 Å². The van der Waals surface area contributed by atoms with Crippen LogP contribution in [0.3, 0.4) is 0 Å². The first-order valence-corrected chi connectivity index (χ1v) is 16.9. The van der Waals surface area contributed by atoms with E-state index in [-0.39, 0.29) is 52.2 Å². The molecule has 2 saturated carbocycles. The third-order valence-electron chi connectivity index (χ3n) is 10.2. The molecule has 4 aromatic rings. The van der Waals surface area contributed by atoms with Crippen LogP contribution >= 0.6 is 23.1 Å². The highest BCUT2D eigenvalue weighted by atomic mass is 32.2. The number of nitrogens with one attached hydrogen (secondary N) is 2. The molecule has 10 nitrogen and oxygen atoms in total. The molecule has 4 aliphatic rings. The van der Waals surface area contributed by atoms with Crippen molar-refractivity contribution in [2.45, 2.75) is 35.6 Å². The highest BCUT2D eigenvalue weighted by Crippen LogP contribution is 2.68. The van der Waals surface area contributed by atoms with Gasteiger partial charge < -0.3 is 20.1 Å². The van der Waals surface area contributed by atoms with Gasteiger partial charge in [0.05, 0.1) is 16.9 Å². The van der Waals surface area contributed by atoms with Crippen LogP contribution in [0.4, 0.5) is 5.69 Å². The van der Waals surface area contributed by atoms with Crippen LogP contribution in [0.2, 0.25) is 0 Å². The Morgan fingerprint density at radius 3 is 2.48 bits per heavy atom. The van der Waals surface area contributed by atoms with Crippen molar-refractivity contribution < 1.29 is 29.0 Å². The number of carboxylic acids is 1. The summed E-state index contributed by atoms with van der Waals surface area (Å²) in [4.78, 5) is 68.8. The second-order valence-electron chi connectivity index (χ2n) is 12.5. The summed E-state index contributed by atoms with van der Waals surface area (Å²) < 4.78 is 5.83. The summed E-state index contributed by atoms with van der Waals surface area (Å²) in [6, 6.07) is 19.8. The maximum absolute atomic E-state index is 13.6. The SMILES string of the molecule is CC(C(=O)O)N1C(=O)C2C3CC(C2C1=O)C1C3Sc2[nH]c(=O)sc2[C@@H]1c1ccc(OCC(=O)Nc2cccc3ccccc23)cc1. The van der Waals surface area contributed by atoms with Crippen molar-refractivity contribution in [3.05, 3.63) is 86.8 Å². The van der Waals surface area contributed by atoms with Gasteiger partial charge in [-0.1, -0.05) is 59.9 Å². The summed E-state index contributed by atoms with van der Waals surface area (Å²) in [7, 11) is 0. The first kappa shape index (κ1) is 29.0. The zero-order chi connectivity index (χ0) is 31.9. The quantitative estimate of drug-likeness (QED) is 0.246. The number of ether oxygens (including phenoxy) is 1. The number of carbonyl (C=O) groups excluding carboxylic acids is 3. The van der Waals surface area contributed by atoms with Crippen molar-refractivity contribution >= 4 is 63.2 Å². The van der Waals surface area contributed by atoms with E-state index in [1.807, 2.05) is 66.7 Å². The minimum absolute atomic E-state index is 0.000441. The Morgan fingerprint density at radius 1 is 1.00 bits per heavy atom. The number of aromatic nitrogens is 1. The minimum atomic E-state index is -1.21. The van der Waals surface area contributed by atoms with E-state index in [0.717, 1.165) is 31.1 Å². The van der Waals surface area contributed by atoms with Gasteiger partial charge >= 0.3 is 10.8 Å². The van der Waals surface area contributed by atoms with Crippen LogP contribution in [-0.4, -0.2) is 56.6 Å². The fraction of sp³-hybridized carbons (Fsp3) is 0.324. The van der Waals surface area contributed by atoms with E-state index in [9.17, 15) is 29.1 Å². The fourth-order valence-electron chi connectivity index (χ4n) is 8.35. The number of carboxylic acid groups (broad SMARTS) is 1. The number of rotatable bonds is 7. The van der Waals surface area contributed by atoms with E-state index in [2.05, 4.69) is 10.3 Å². The number of H-pyrrole nitrogens is 1. The minimum Gasteiger partial charge on any atom is -0.484 e. The van der Waals surface area contributed by atoms with E-state index in [1.165, 1.54) is 18.3 Å². The third kappa shape index (κ3) is 4.41. The lowest BCUT2D eigenvalue weighted by Crippen LogP contribution is -2.44. The molecule has 8 rings (SSSR count). The number of aromatic amines is 1. The number of imide groups is 1. The van der Waals surface area contributed by atoms with Gasteiger partial charge in [-0.05, 0) is 60.2 Å². The number of likely N-dealkylation sites (tertiary alicyclic amines) is 1. The van der Waals surface area contributed by atoms with Crippen LogP contribution in [0.5, 0.6) is 5.75 Å². The average molecular weight is 656 g/mol. The maximum Gasteiger partial charge on any atom is 0.326 e. The Kier molecular flexibility index (Phi) is 6.84. The summed E-state index contributed by atoms with van der Waals surface area (Å²) in [5.41, 5.74) is 1.67. The smallest absolute Gasteiger partial charge is 0.326 e. The predicted octanol–water partition coefficient (Wildman–Crippen LogP) is 4.55. The molecule has 1 aromatic heterocycles. The molecule has 234 valence electrons. The molecule has 0 radical (unpaired) electrons. The number of fused-ring (bicyclic) bond motifs is 10. The van der Waals surface area contributed by atoms with Crippen molar-refractivity contribution in [1.29, 1.82) is 0 Å². The van der Waals surface area contributed by atoms with Crippen molar-refractivity contribution in [2.75, 3.05) is 11.9 Å². The van der Waals surface area contributed by atoms with Gasteiger partial charge in [-0.15, -0.1) is 11.8 Å². The second-order valence-corrected chi connectivity index (χ2v) is 14.7. The van der Waals surface area contributed by atoms with Gasteiger partial charge in [-0.3, -0.25) is 24.1 Å². The Bertz CT molecular complexity index is 1980. The van der Waals surface area contributed by atoms with E-state index in [4.69, 9.17) is 4.74 Å². The number of carbonyl (C=O) groups is 4. The molecule has 8 atom stereocenters. The molecule has 3 aromatic carbocycles. The molecule has 12 heteroatoms. The molecule has 3 amide bonds. The largest absolute Gasteiger partial charge is 0.484 e. The highest BCUT2D eigenvalue weighted by molar-refractivity contribution is 8.00. The predicted molar refractivity (Wildman–Crippen MR) is 172 cm³/mol. The summed E-state index contributed by atoms with van der Waals surface area (Å²) in [6.45, 7) is 1.20. The zero-order valence-corrected chi connectivity index (χ0v) is 26.2. The van der Waals surface area contributed by atoms with Gasteiger partial charge in [0.15, 0.2) is 6.61 Å². The van der Waals surface area contributed by atoms with Crippen LogP contribution in [-0.2, 0) is 19.2 Å².